The summed E-state index contributed by atoms with van der Waals surface area (Å²) in [7, 11) is 0. The molecule has 1 aliphatic rings. The van der Waals surface area contributed by atoms with Crippen molar-refractivity contribution in [1.82, 2.24) is 9.78 Å². The van der Waals surface area contributed by atoms with Crippen LogP contribution in [0, 0.1) is 6.92 Å². The van der Waals surface area contributed by atoms with Crippen LogP contribution in [-0.4, -0.2) is 22.9 Å². The lowest BCUT2D eigenvalue weighted by Gasteiger charge is -2.16. The van der Waals surface area contributed by atoms with Gasteiger partial charge in [0.05, 0.1) is 5.69 Å². The summed E-state index contributed by atoms with van der Waals surface area (Å²) in [6.45, 7) is 6.52. The minimum Gasteiger partial charge on any atom is -0.474 e. The Kier molecular flexibility index (Phi) is 1.67. The molecule has 0 radical (unpaired) electrons. The summed E-state index contributed by atoms with van der Waals surface area (Å²) in [4.78, 5) is 0. The molecule has 0 aliphatic carbocycles. The average molecular weight is 167 g/mol. The zero-order valence-electron chi connectivity index (χ0n) is 7.42. The minimum absolute atomic E-state index is 0.734. The fourth-order valence-corrected chi connectivity index (χ4v) is 1.45. The van der Waals surface area contributed by atoms with Gasteiger partial charge in [-0.1, -0.05) is 0 Å². The van der Waals surface area contributed by atoms with Crippen molar-refractivity contribution in [2.24, 2.45) is 0 Å². The highest BCUT2D eigenvalue weighted by Crippen LogP contribution is 2.29. The summed E-state index contributed by atoms with van der Waals surface area (Å²) in [5.74, 6) is 0.890. The van der Waals surface area contributed by atoms with Crippen molar-refractivity contribution in [1.29, 1.82) is 0 Å². The monoisotopic (exact) mass is 167 g/mol. The van der Waals surface area contributed by atoms with Crippen LogP contribution in [0.25, 0.3) is 0 Å². The number of anilines is 1. The number of nitrogens with one attached hydrogen (secondary N) is 1. The Balaban J connectivity index is 2.47. The first-order valence-electron chi connectivity index (χ1n) is 4.27. The summed E-state index contributed by atoms with van der Waals surface area (Å²) in [6.07, 6.45) is 0. The Hall–Kier alpha value is -1.19. The first-order chi connectivity index (χ1) is 5.83. The van der Waals surface area contributed by atoms with E-state index in [1.54, 1.807) is 0 Å². The fraction of sp³-hybridized carbons (Fsp3) is 0.625. The molecule has 0 saturated carbocycles. The van der Waals surface area contributed by atoms with Crippen LogP contribution in [0.3, 0.4) is 0 Å². The van der Waals surface area contributed by atoms with Crippen LogP contribution in [0.15, 0.2) is 0 Å². The third-order valence-corrected chi connectivity index (χ3v) is 2.02. The maximum Gasteiger partial charge on any atom is 0.236 e. The van der Waals surface area contributed by atoms with Gasteiger partial charge < -0.3 is 10.1 Å². The number of ether oxygens (including phenoxy) is 1. The van der Waals surface area contributed by atoms with Gasteiger partial charge in [0, 0.05) is 13.1 Å². The zero-order chi connectivity index (χ0) is 8.55. The lowest BCUT2D eigenvalue weighted by atomic mass is 10.3. The van der Waals surface area contributed by atoms with Crippen LogP contribution in [0.1, 0.15) is 12.6 Å². The highest BCUT2D eigenvalue weighted by molar-refractivity contribution is 5.58. The number of rotatable bonds is 1. The van der Waals surface area contributed by atoms with E-state index in [4.69, 9.17) is 4.74 Å². The Labute approximate surface area is 71.5 Å². The van der Waals surface area contributed by atoms with Gasteiger partial charge in [-0.25, -0.2) is 4.68 Å². The van der Waals surface area contributed by atoms with E-state index in [1.807, 2.05) is 11.6 Å². The highest BCUT2D eigenvalue weighted by Gasteiger charge is 2.18. The third kappa shape index (κ3) is 0.948. The van der Waals surface area contributed by atoms with E-state index in [0.717, 1.165) is 37.0 Å². The van der Waals surface area contributed by atoms with Gasteiger partial charge in [-0.15, -0.1) is 0 Å². The quantitative estimate of drug-likeness (QED) is 0.678. The topological polar surface area (TPSA) is 39.1 Å². The summed E-state index contributed by atoms with van der Waals surface area (Å²) in [5.41, 5.74) is 2.08. The molecule has 2 heterocycles. The first kappa shape index (κ1) is 7.46. The van der Waals surface area contributed by atoms with E-state index in [-0.39, 0.29) is 0 Å². The minimum atomic E-state index is 0.734. The van der Waals surface area contributed by atoms with E-state index >= 15 is 0 Å². The van der Waals surface area contributed by atoms with Gasteiger partial charge in [-0.3, -0.25) is 0 Å². The molecule has 4 nitrogen and oxygen atoms in total. The third-order valence-electron chi connectivity index (χ3n) is 2.02. The lowest BCUT2D eigenvalue weighted by molar-refractivity contribution is 0.289. The van der Waals surface area contributed by atoms with E-state index in [1.165, 1.54) is 0 Å². The van der Waals surface area contributed by atoms with Crippen molar-refractivity contribution >= 4 is 5.69 Å². The first-order valence-corrected chi connectivity index (χ1v) is 4.27. The largest absolute Gasteiger partial charge is 0.474 e. The molecule has 1 aliphatic heterocycles. The van der Waals surface area contributed by atoms with Crippen LogP contribution in [0.4, 0.5) is 5.69 Å². The summed E-state index contributed by atoms with van der Waals surface area (Å²) in [6, 6.07) is 0. The molecule has 0 aromatic carbocycles. The molecule has 0 atom stereocenters. The normalized spacial score (nSPS) is 14.8. The maximum atomic E-state index is 5.50. The summed E-state index contributed by atoms with van der Waals surface area (Å²) in [5, 5.41) is 7.62. The molecule has 1 aromatic rings. The molecule has 0 saturated heterocycles. The number of fused-ring (bicyclic) bond motifs is 1. The van der Waals surface area contributed by atoms with Gasteiger partial charge in [0.15, 0.2) is 0 Å². The summed E-state index contributed by atoms with van der Waals surface area (Å²) >= 11 is 0. The predicted molar refractivity (Wildman–Crippen MR) is 46.6 cm³/mol. The van der Waals surface area contributed by atoms with Gasteiger partial charge in [0.1, 0.15) is 12.3 Å². The molecule has 0 fully saturated rings. The molecular formula is C8H13N3O. The molecule has 4 heteroatoms. The standard InChI is InChI=1S/C8H13N3O/c1-3-11-8-7(6(2)10-11)9-4-5-12-8/h9H,3-5H2,1-2H3. The second-order valence-electron chi connectivity index (χ2n) is 2.86. The van der Waals surface area contributed by atoms with Crippen molar-refractivity contribution in [3.63, 3.8) is 0 Å². The SMILES string of the molecule is CCn1nc(C)c2c1OCCN2. The number of hydrogen-bond acceptors (Lipinski definition) is 3. The summed E-state index contributed by atoms with van der Waals surface area (Å²) < 4.78 is 7.39. The van der Waals surface area contributed by atoms with Crippen molar-refractivity contribution < 1.29 is 4.74 Å². The van der Waals surface area contributed by atoms with Crippen LogP contribution >= 0.6 is 0 Å². The molecule has 2 rings (SSSR count). The van der Waals surface area contributed by atoms with Crippen molar-refractivity contribution in [2.45, 2.75) is 20.4 Å². The van der Waals surface area contributed by atoms with E-state index in [0.29, 0.717) is 0 Å². The molecule has 66 valence electrons. The van der Waals surface area contributed by atoms with Crippen molar-refractivity contribution in [3.8, 4) is 5.88 Å². The zero-order valence-corrected chi connectivity index (χ0v) is 7.42. The Morgan fingerprint density at radius 3 is 3.25 bits per heavy atom. The molecule has 0 amide bonds. The second-order valence-corrected chi connectivity index (χ2v) is 2.86. The van der Waals surface area contributed by atoms with Crippen LogP contribution < -0.4 is 10.1 Å². The predicted octanol–water partition coefficient (Wildman–Crippen LogP) is 1.02. The Morgan fingerprint density at radius 1 is 1.67 bits per heavy atom. The van der Waals surface area contributed by atoms with Crippen LogP contribution in [-0.2, 0) is 6.54 Å². The second kappa shape index (κ2) is 2.69. The molecule has 1 aromatic heterocycles. The Morgan fingerprint density at radius 2 is 2.50 bits per heavy atom. The van der Waals surface area contributed by atoms with Gasteiger partial charge in [0.2, 0.25) is 5.88 Å². The Bertz CT molecular complexity index is 293. The molecule has 0 bridgehead atoms. The lowest BCUT2D eigenvalue weighted by Crippen LogP contribution is -2.19. The molecule has 1 N–H and O–H groups in total. The number of aryl methyl sites for hydroxylation is 2. The van der Waals surface area contributed by atoms with Gasteiger partial charge in [-0.05, 0) is 13.8 Å². The molecule has 0 unspecified atom stereocenters. The van der Waals surface area contributed by atoms with E-state index in [2.05, 4.69) is 17.3 Å². The van der Waals surface area contributed by atoms with Crippen LogP contribution in [0.5, 0.6) is 5.88 Å². The van der Waals surface area contributed by atoms with Crippen molar-refractivity contribution in [3.05, 3.63) is 5.69 Å². The van der Waals surface area contributed by atoms with Gasteiger partial charge >= 0.3 is 0 Å². The van der Waals surface area contributed by atoms with Crippen LogP contribution in [0.2, 0.25) is 0 Å². The molecule has 12 heavy (non-hydrogen) atoms. The van der Waals surface area contributed by atoms with Gasteiger partial charge in [0.25, 0.3) is 0 Å². The number of nitrogens with zero attached hydrogens (tertiary/aromatic N) is 2. The van der Waals surface area contributed by atoms with E-state index < -0.39 is 0 Å². The maximum absolute atomic E-state index is 5.50. The fourth-order valence-electron chi connectivity index (χ4n) is 1.45. The van der Waals surface area contributed by atoms with E-state index in [9.17, 15) is 0 Å². The smallest absolute Gasteiger partial charge is 0.236 e. The molecule has 0 spiro atoms. The average Bonchev–Trinajstić information content (AvgIpc) is 2.44. The number of hydrogen-bond donors (Lipinski definition) is 1. The molecular weight excluding hydrogens is 154 g/mol. The number of aromatic nitrogens is 2. The van der Waals surface area contributed by atoms with Crippen molar-refractivity contribution in [2.75, 3.05) is 18.5 Å². The highest BCUT2D eigenvalue weighted by atomic mass is 16.5. The van der Waals surface area contributed by atoms with Gasteiger partial charge in [-0.2, -0.15) is 5.10 Å².